The third-order valence-corrected chi connectivity index (χ3v) is 26.2. The molecule has 14 aromatic rings. The number of aryl methyl sites for hydroxylation is 9. The van der Waals surface area contributed by atoms with Gasteiger partial charge in [-0.2, -0.15) is 0 Å². The standard InChI is InChI=1S/C54H51O6P.C51H45O6P/c1-9-39-22-24-43(25-23-39)58-49-27-26-44(32-51(49)61(55)50-17-13-11-15-47(50)46-14-10-12-16-48(46)60-61)56-33-40-18-20-41(21-19-40)34-57-52-37(4)30-45(31-38(52)5)59-53-35(2)28-42(29-36(53)3)54(6,7)8;1-7-38-20-22-41(23-21-38)55-42-24-25-47(49(30-42)58(52)48-15-11-9-13-45(48)44-12-8-10-14-46(44)57-58)53-31-39-16-18-40(19-17-39)32-54-50-36(5)28-43(29-37(50)6)56-51-34(3)26-33(2)27-35(51)4/h9-32H,1,33-34H2,2-8H3;7-30H,1,31-32H2,2-6H3. The first-order valence-corrected chi connectivity index (χ1v) is 43.1. The summed E-state index contributed by atoms with van der Waals surface area (Å²) in [5, 5.41) is 2.06. The van der Waals surface area contributed by atoms with Crippen molar-refractivity contribution in [3.05, 3.63) is 381 Å². The summed E-state index contributed by atoms with van der Waals surface area (Å²) in [5.74, 6) is 9.34. The molecule has 0 saturated carbocycles. The Balaban J connectivity index is 0.000000186. The molecule has 2 unspecified atom stereocenters. The van der Waals surface area contributed by atoms with Gasteiger partial charge in [0.25, 0.3) is 0 Å². The molecular formula is C105H96O12P2. The summed E-state index contributed by atoms with van der Waals surface area (Å²) < 4.78 is 94.8. The Kier molecular flexibility index (Phi) is 23.7. The maximum absolute atomic E-state index is 15.4. The number of para-hydroxylation sites is 2. The highest BCUT2D eigenvalue weighted by atomic mass is 31.2. The topological polar surface area (TPSA) is 126 Å². The zero-order valence-corrected chi connectivity index (χ0v) is 71.0. The van der Waals surface area contributed by atoms with Gasteiger partial charge in [0.2, 0.25) is 0 Å². The van der Waals surface area contributed by atoms with Crippen molar-refractivity contribution in [1.29, 1.82) is 0 Å². The van der Waals surface area contributed by atoms with Crippen molar-refractivity contribution in [3.8, 4) is 103 Å². The molecule has 0 amide bonds. The molecule has 2 aliphatic heterocycles. The SMILES string of the molecule is C=Cc1ccc(Oc2ccc(OCc3ccc(COc4c(C)cc(Oc5c(C)cc(C(C)(C)C)cc5C)cc4C)cc3)cc2P2(=O)Oc3ccccc3-c3ccccc32)cc1.C=Cc1ccc(Oc2ccc(OCc3ccc(COc4c(C)cc(Oc5c(C)cc(C)cc5C)cc4C)cc3)c(P3(=O)Oc4ccccc4-c4ccccc43)c2)cc1. The lowest BCUT2D eigenvalue weighted by Gasteiger charge is -2.30. The normalized spacial score (nSPS) is 14.2. The fraction of sp³-hybridized carbons (Fsp3) is 0.162. The summed E-state index contributed by atoms with van der Waals surface area (Å²) in [7, 11) is -7.44. The molecule has 598 valence electrons. The van der Waals surface area contributed by atoms with Crippen molar-refractivity contribution in [2.24, 2.45) is 0 Å². The van der Waals surface area contributed by atoms with Crippen LogP contribution in [-0.2, 0) is 41.0 Å². The number of hydrogen-bond acceptors (Lipinski definition) is 12. The van der Waals surface area contributed by atoms with Crippen molar-refractivity contribution in [2.75, 3.05) is 0 Å². The van der Waals surface area contributed by atoms with E-state index >= 15 is 9.13 Å². The molecule has 0 aliphatic carbocycles. The first-order chi connectivity index (χ1) is 57.4. The number of hydrogen-bond donors (Lipinski definition) is 0. The molecule has 0 saturated heterocycles. The van der Waals surface area contributed by atoms with Gasteiger partial charge in [0.1, 0.15) is 107 Å². The van der Waals surface area contributed by atoms with Crippen LogP contribution >= 0.6 is 14.7 Å². The largest absolute Gasteiger partial charge is 0.489 e. The van der Waals surface area contributed by atoms with Crippen molar-refractivity contribution in [2.45, 2.75) is 115 Å². The van der Waals surface area contributed by atoms with Crippen LogP contribution in [0.5, 0.6) is 80.5 Å². The van der Waals surface area contributed by atoms with E-state index in [9.17, 15) is 0 Å². The number of fused-ring (bicyclic) bond motifs is 6. The minimum Gasteiger partial charge on any atom is -0.489 e. The van der Waals surface area contributed by atoms with Crippen LogP contribution in [0.25, 0.3) is 34.4 Å². The second-order valence-corrected chi connectivity index (χ2v) is 36.0. The summed E-state index contributed by atoms with van der Waals surface area (Å²) in [5.41, 5.74) is 20.5. The zero-order chi connectivity index (χ0) is 83.3. The number of ether oxygens (including phenoxy) is 8. The summed E-state index contributed by atoms with van der Waals surface area (Å²) in [6.45, 7) is 34.4. The Morgan fingerprint density at radius 3 is 1.08 bits per heavy atom. The Hall–Kier alpha value is -13.0. The Labute approximate surface area is 698 Å². The molecule has 2 atom stereocenters. The van der Waals surface area contributed by atoms with Crippen molar-refractivity contribution < 1.29 is 56.1 Å². The third-order valence-electron chi connectivity index (χ3n) is 21.3. The van der Waals surface area contributed by atoms with Crippen LogP contribution in [0.1, 0.15) is 110 Å². The maximum Gasteiger partial charge on any atom is 0.311 e. The molecule has 14 heteroatoms. The van der Waals surface area contributed by atoms with E-state index < -0.39 is 14.7 Å². The van der Waals surface area contributed by atoms with Gasteiger partial charge in [-0.1, -0.05) is 222 Å². The van der Waals surface area contributed by atoms with E-state index in [1.807, 2.05) is 232 Å². The molecule has 0 N–H and O–H groups in total. The van der Waals surface area contributed by atoms with E-state index in [1.165, 1.54) is 11.1 Å². The molecule has 14 aromatic carbocycles. The van der Waals surface area contributed by atoms with Crippen LogP contribution in [0, 0.1) is 62.3 Å². The van der Waals surface area contributed by atoms with E-state index in [1.54, 1.807) is 36.4 Å². The fourth-order valence-electron chi connectivity index (χ4n) is 15.2. The summed E-state index contributed by atoms with van der Waals surface area (Å²) >= 11 is 0. The molecule has 0 fully saturated rings. The Morgan fingerprint density at radius 1 is 0.303 bits per heavy atom. The Morgan fingerprint density at radius 2 is 0.647 bits per heavy atom. The molecule has 0 aromatic heterocycles. The summed E-state index contributed by atoms with van der Waals surface area (Å²) in [4.78, 5) is 0. The van der Waals surface area contributed by atoms with Crippen LogP contribution < -0.4 is 68.2 Å². The summed E-state index contributed by atoms with van der Waals surface area (Å²) in [6, 6.07) is 89.9. The van der Waals surface area contributed by atoms with Gasteiger partial charge in [-0.25, -0.2) is 0 Å². The predicted molar refractivity (Wildman–Crippen MR) is 482 cm³/mol. The zero-order valence-electron chi connectivity index (χ0n) is 69.2. The highest BCUT2D eigenvalue weighted by Crippen LogP contribution is 2.58. The minimum absolute atomic E-state index is 0.0695. The smallest absolute Gasteiger partial charge is 0.311 e. The van der Waals surface area contributed by atoms with E-state index in [0.29, 0.717) is 87.0 Å². The minimum atomic E-state index is -3.72. The van der Waals surface area contributed by atoms with Gasteiger partial charge in [0, 0.05) is 11.1 Å². The molecule has 16 rings (SSSR count). The van der Waals surface area contributed by atoms with Gasteiger partial charge in [-0.15, -0.1) is 0 Å². The second-order valence-electron chi connectivity index (χ2n) is 31.5. The van der Waals surface area contributed by atoms with Crippen LogP contribution in [0.4, 0.5) is 0 Å². The number of rotatable bonds is 24. The summed E-state index contributed by atoms with van der Waals surface area (Å²) in [6.07, 6.45) is 3.56. The van der Waals surface area contributed by atoms with E-state index in [2.05, 4.69) is 119 Å². The molecule has 2 aliphatic rings. The van der Waals surface area contributed by atoms with E-state index in [4.69, 9.17) is 46.9 Å². The van der Waals surface area contributed by atoms with Crippen LogP contribution in [0.15, 0.2) is 292 Å². The highest BCUT2D eigenvalue weighted by Gasteiger charge is 2.42. The van der Waals surface area contributed by atoms with Crippen LogP contribution in [0.3, 0.4) is 0 Å². The quantitative estimate of drug-likeness (QED) is 0.0535. The van der Waals surface area contributed by atoms with Crippen LogP contribution in [-0.4, -0.2) is 0 Å². The van der Waals surface area contributed by atoms with E-state index in [-0.39, 0.29) is 12.0 Å². The van der Waals surface area contributed by atoms with Crippen LogP contribution in [0.2, 0.25) is 0 Å². The van der Waals surface area contributed by atoms with Gasteiger partial charge < -0.3 is 46.9 Å². The molecule has 0 spiro atoms. The first kappa shape index (κ1) is 81.2. The van der Waals surface area contributed by atoms with Gasteiger partial charge in [-0.3, -0.25) is 9.13 Å². The monoisotopic (exact) mass is 1610 g/mol. The second kappa shape index (κ2) is 34.7. The van der Waals surface area contributed by atoms with Gasteiger partial charge in [0.15, 0.2) is 0 Å². The van der Waals surface area contributed by atoms with Crippen molar-refractivity contribution in [3.63, 3.8) is 0 Å². The molecule has 12 nitrogen and oxygen atoms in total. The van der Waals surface area contributed by atoms with Gasteiger partial charge in [0.05, 0.1) is 21.2 Å². The molecule has 0 bridgehead atoms. The van der Waals surface area contributed by atoms with Gasteiger partial charge >= 0.3 is 14.7 Å². The predicted octanol–water partition coefficient (Wildman–Crippen LogP) is 26.8. The lowest BCUT2D eigenvalue weighted by Crippen LogP contribution is -2.26. The average Bonchev–Trinajstić information content (AvgIpc) is 0.733. The fourth-order valence-corrected chi connectivity index (χ4v) is 20.0. The third kappa shape index (κ3) is 18.0. The molecular weight excluding hydrogens is 1520 g/mol. The van der Waals surface area contributed by atoms with Gasteiger partial charge in [-0.05, 0) is 272 Å². The molecule has 119 heavy (non-hydrogen) atoms. The Bertz CT molecular complexity index is 6160. The lowest BCUT2D eigenvalue weighted by molar-refractivity contribution is 0.299. The van der Waals surface area contributed by atoms with Crippen molar-refractivity contribution in [1.82, 2.24) is 0 Å². The average molecular weight is 1610 g/mol. The molecule has 0 radical (unpaired) electrons. The van der Waals surface area contributed by atoms with Crippen molar-refractivity contribution >= 4 is 48.1 Å². The highest BCUT2D eigenvalue weighted by molar-refractivity contribution is 7.75. The first-order valence-electron chi connectivity index (χ1n) is 39.9. The number of benzene rings is 14. The van der Waals surface area contributed by atoms with E-state index in [0.717, 1.165) is 135 Å². The molecule has 2 heterocycles. The maximum atomic E-state index is 15.4. The lowest BCUT2D eigenvalue weighted by atomic mass is 9.85.